The number of anilines is 1. The molecule has 2 rings (SSSR count). The standard InChI is InChI=1S/C14H18N4O2/c1-9-5-6-12(18(19)20)7-14(9)15-10(2)13-8-17(4)16-11(13)3/h5-8,10,15H,1-4H3. The maximum absolute atomic E-state index is 10.8. The number of hydrogen-bond donors (Lipinski definition) is 1. The van der Waals surface area contributed by atoms with Crippen LogP contribution in [0.25, 0.3) is 0 Å². The Labute approximate surface area is 117 Å². The number of benzene rings is 1. The number of nitro benzene ring substituents is 1. The molecule has 1 N–H and O–H groups in total. The molecule has 106 valence electrons. The van der Waals surface area contributed by atoms with Gasteiger partial charge in [0.2, 0.25) is 0 Å². The third-order valence-electron chi connectivity index (χ3n) is 3.32. The van der Waals surface area contributed by atoms with E-state index in [4.69, 9.17) is 0 Å². The molecule has 6 nitrogen and oxygen atoms in total. The van der Waals surface area contributed by atoms with E-state index in [-0.39, 0.29) is 16.7 Å². The fourth-order valence-corrected chi connectivity index (χ4v) is 2.23. The van der Waals surface area contributed by atoms with Crippen molar-refractivity contribution in [2.45, 2.75) is 26.8 Å². The van der Waals surface area contributed by atoms with Crippen LogP contribution in [0.15, 0.2) is 24.4 Å². The molecule has 1 aromatic heterocycles. The molecule has 1 unspecified atom stereocenters. The van der Waals surface area contributed by atoms with Gasteiger partial charge in [0.1, 0.15) is 0 Å². The molecular weight excluding hydrogens is 256 g/mol. The Morgan fingerprint density at radius 3 is 2.65 bits per heavy atom. The molecule has 0 radical (unpaired) electrons. The minimum absolute atomic E-state index is 0.0319. The van der Waals surface area contributed by atoms with Crippen LogP contribution < -0.4 is 5.32 Å². The van der Waals surface area contributed by atoms with E-state index in [0.717, 1.165) is 22.5 Å². The summed E-state index contributed by atoms with van der Waals surface area (Å²) in [5, 5.41) is 18.5. The zero-order valence-corrected chi connectivity index (χ0v) is 12.0. The summed E-state index contributed by atoms with van der Waals surface area (Å²) >= 11 is 0. The van der Waals surface area contributed by atoms with Crippen molar-refractivity contribution in [2.75, 3.05) is 5.32 Å². The van der Waals surface area contributed by atoms with E-state index in [2.05, 4.69) is 10.4 Å². The van der Waals surface area contributed by atoms with E-state index >= 15 is 0 Å². The van der Waals surface area contributed by atoms with Gasteiger partial charge < -0.3 is 5.32 Å². The Balaban J connectivity index is 2.27. The van der Waals surface area contributed by atoms with Crippen molar-refractivity contribution in [3.05, 3.63) is 51.3 Å². The van der Waals surface area contributed by atoms with E-state index in [1.165, 1.54) is 6.07 Å². The molecule has 1 heterocycles. The first-order valence-corrected chi connectivity index (χ1v) is 6.40. The van der Waals surface area contributed by atoms with Gasteiger partial charge in [0.05, 0.1) is 16.7 Å². The maximum Gasteiger partial charge on any atom is 0.271 e. The van der Waals surface area contributed by atoms with Crippen LogP contribution in [-0.2, 0) is 7.05 Å². The van der Waals surface area contributed by atoms with Gasteiger partial charge in [0, 0.05) is 36.6 Å². The van der Waals surface area contributed by atoms with Gasteiger partial charge in [0.15, 0.2) is 0 Å². The van der Waals surface area contributed by atoms with Crippen molar-refractivity contribution >= 4 is 11.4 Å². The van der Waals surface area contributed by atoms with Crippen molar-refractivity contribution in [3.63, 3.8) is 0 Å². The second-order valence-electron chi connectivity index (χ2n) is 4.97. The molecular formula is C14H18N4O2. The van der Waals surface area contributed by atoms with Gasteiger partial charge in [-0.05, 0) is 26.3 Å². The van der Waals surface area contributed by atoms with Gasteiger partial charge in [-0.3, -0.25) is 14.8 Å². The first-order chi connectivity index (χ1) is 9.38. The molecule has 0 aliphatic rings. The largest absolute Gasteiger partial charge is 0.378 e. The van der Waals surface area contributed by atoms with Crippen LogP contribution in [0, 0.1) is 24.0 Å². The maximum atomic E-state index is 10.8. The molecule has 0 aliphatic heterocycles. The number of nitrogens with zero attached hydrogens (tertiary/aromatic N) is 3. The fourth-order valence-electron chi connectivity index (χ4n) is 2.23. The van der Waals surface area contributed by atoms with Crippen molar-refractivity contribution in [3.8, 4) is 0 Å². The molecule has 0 saturated carbocycles. The highest BCUT2D eigenvalue weighted by molar-refractivity contribution is 5.57. The molecule has 0 bridgehead atoms. The summed E-state index contributed by atoms with van der Waals surface area (Å²) < 4.78 is 1.77. The van der Waals surface area contributed by atoms with Gasteiger partial charge in [0.25, 0.3) is 5.69 Å². The SMILES string of the molecule is Cc1ccc([N+](=O)[O-])cc1NC(C)c1cn(C)nc1C. The average Bonchev–Trinajstić information content (AvgIpc) is 2.71. The summed E-state index contributed by atoms with van der Waals surface area (Å²) in [6, 6.07) is 4.87. The Hall–Kier alpha value is -2.37. The lowest BCUT2D eigenvalue weighted by Crippen LogP contribution is -2.08. The number of aromatic nitrogens is 2. The van der Waals surface area contributed by atoms with Crippen LogP contribution >= 0.6 is 0 Å². The molecule has 0 spiro atoms. The summed E-state index contributed by atoms with van der Waals surface area (Å²) in [6.07, 6.45) is 1.96. The predicted octanol–water partition coefficient (Wildman–Crippen LogP) is 3.12. The van der Waals surface area contributed by atoms with Gasteiger partial charge >= 0.3 is 0 Å². The summed E-state index contributed by atoms with van der Waals surface area (Å²) in [5.41, 5.74) is 3.88. The molecule has 2 aromatic rings. The molecule has 1 atom stereocenters. The van der Waals surface area contributed by atoms with E-state index in [1.54, 1.807) is 16.8 Å². The minimum Gasteiger partial charge on any atom is -0.378 e. The van der Waals surface area contributed by atoms with Crippen molar-refractivity contribution in [1.82, 2.24) is 9.78 Å². The van der Waals surface area contributed by atoms with Crippen molar-refractivity contribution in [1.29, 1.82) is 0 Å². The highest BCUT2D eigenvalue weighted by Gasteiger charge is 2.14. The Bertz CT molecular complexity index is 649. The summed E-state index contributed by atoms with van der Waals surface area (Å²) in [6.45, 7) is 5.89. The fraction of sp³-hybridized carbons (Fsp3) is 0.357. The number of non-ortho nitro benzene ring substituents is 1. The second-order valence-corrected chi connectivity index (χ2v) is 4.97. The lowest BCUT2D eigenvalue weighted by atomic mass is 10.1. The van der Waals surface area contributed by atoms with E-state index < -0.39 is 0 Å². The van der Waals surface area contributed by atoms with E-state index in [1.807, 2.05) is 34.0 Å². The molecule has 0 amide bonds. The Morgan fingerprint density at radius 1 is 1.40 bits per heavy atom. The van der Waals surface area contributed by atoms with E-state index in [0.29, 0.717) is 0 Å². The van der Waals surface area contributed by atoms with Crippen molar-refractivity contribution < 1.29 is 4.92 Å². The Morgan fingerprint density at radius 2 is 2.10 bits per heavy atom. The zero-order chi connectivity index (χ0) is 14.9. The van der Waals surface area contributed by atoms with Gasteiger partial charge in [-0.25, -0.2) is 0 Å². The predicted molar refractivity (Wildman–Crippen MR) is 77.8 cm³/mol. The molecule has 6 heteroatoms. The lowest BCUT2D eigenvalue weighted by molar-refractivity contribution is -0.384. The van der Waals surface area contributed by atoms with Crippen LogP contribution in [0.2, 0.25) is 0 Å². The highest BCUT2D eigenvalue weighted by atomic mass is 16.6. The molecule has 0 saturated heterocycles. The minimum atomic E-state index is -0.384. The monoisotopic (exact) mass is 274 g/mol. The first-order valence-electron chi connectivity index (χ1n) is 6.40. The van der Waals surface area contributed by atoms with Gasteiger partial charge in [-0.1, -0.05) is 6.07 Å². The quantitative estimate of drug-likeness (QED) is 0.686. The lowest BCUT2D eigenvalue weighted by Gasteiger charge is -2.16. The number of rotatable bonds is 4. The molecule has 20 heavy (non-hydrogen) atoms. The molecule has 0 fully saturated rings. The van der Waals surface area contributed by atoms with Crippen LogP contribution in [-0.4, -0.2) is 14.7 Å². The van der Waals surface area contributed by atoms with Crippen molar-refractivity contribution in [2.24, 2.45) is 7.05 Å². The number of aryl methyl sites for hydroxylation is 3. The smallest absolute Gasteiger partial charge is 0.271 e. The Kier molecular flexibility index (Phi) is 3.74. The van der Waals surface area contributed by atoms with Crippen LogP contribution in [0.1, 0.15) is 29.8 Å². The third kappa shape index (κ3) is 2.79. The molecule has 0 aliphatic carbocycles. The highest BCUT2D eigenvalue weighted by Crippen LogP contribution is 2.27. The topological polar surface area (TPSA) is 73.0 Å². The summed E-state index contributed by atoms with van der Waals surface area (Å²) in [7, 11) is 1.88. The number of nitrogens with one attached hydrogen (secondary N) is 1. The normalized spacial score (nSPS) is 12.2. The third-order valence-corrected chi connectivity index (χ3v) is 3.32. The number of nitro groups is 1. The van der Waals surface area contributed by atoms with Crippen LogP contribution in [0.5, 0.6) is 0 Å². The summed E-state index contributed by atoms with van der Waals surface area (Å²) in [5.74, 6) is 0. The van der Waals surface area contributed by atoms with Gasteiger partial charge in [-0.15, -0.1) is 0 Å². The summed E-state index contributed by atoms with van der Waals surface area (Å²) in [4.78, 5) is 10.5. The van der Waals surface area contributed by atoms with Crippen LogP contribution in [0.4, 0.5) is 11.4 Å². The number of hydrogen-bond acceptors (Lipinski definition) is 4. The second kappa shape index (κ2) is 5.32. The molecule has 1 aromatic carbocycles. The first kappa shape index (κ1) is 14.0. The van der Waals surface area contributed by atoms with Crippen LogP contribution in [0.3, 0.4) is 0 Å². The zero-order valence-electron chi connectivity index (χ0n) is 12.0. The van der Waals surface area contributed by atoms with E-state index in [9.17, 15) is 10.1 Å². The van der Waals surface area contributed by atoms with Gasteiger partial charge in [-0.2, -0.15) is 5.10 Å². The average molecular weight is 274 g/mol.